The zero-order valence-corrected chi connectivity index (χ0v) is 16.9. The van der Waals surface area contributed by atoms with E-state index in [1.54, 1.807) is 4.90 Å². The van der Waals surface area contributed by atoms with Gasteiger partial charge in [0.05, 0.1) is 17.7 Å². The third-order valence-electron chi connectivity index (χ3n) is 5.66. The summed E-state index contributed by atoms with van der Waals surface area (Å²) in [5, 5.41) is 0. The fraction of sp³-hybridized carbons (Fsp3) is 0.476. The summed E-state index contributed by atoms with van der Waals surface area (Å²) in [5.41, 5.74) is 5.58. The summed E-state index contributed by atoms with van der Waals surface area (Å²) in [6.07, 6.45) is 5.23. The molecule has 0 unspecified atom stereocenters. The molecule has 2 saturated heterocycles. The van der Waals surface area contributed by atoms with Crippen molar-refractivity contribution in [3.8, 4) is 0 Å². The van der Waals surface area contributed by atoms with Gasteiger partial charge < -0.3 is 4.90 Å². The topological polar surface area (TPSA) is 46.6 Å². The average molecular weight is 366 g/mol. The van der Waals surface area contributed by atoms with E-state index in [-0.39, 0.29) is 11.8 Å². The van der Waals surface area contributed by atoms with E-state index in [0.29, 0.717) is 13.1 Å². The van der Waals surface area contributed by atoms with Gasteiger partial charge in [-0.2, -0.15) is 4.58 Å². The predicted molar refractivity (Wildman–Crippen MR) is 103 cm³/mol. The van der Waals surface area contributed by atoms with E-state index in [4.69, 9.17) is 0 Å². The van der Waals surface area contributed by atoms with Crippen molar-refractivity contribution in [1.29, 1.82) is 0 Å². The molecule has 140 valence electrons. The highest BCUT2D eigenvalue weighted by Crippen LogP contribution is 2.54. The van der Waals surface area contributed by atoms with Gasteiger partial charge in [0, 0.05) is 18.1 Å². The minimum atomic E-state index is -0.794. The molecule has 6 nitrogen and oxygen atoms in total. The van der Waals surface area contributed by atoms with Crippen LogP contribution in [0.5, 0.6) is 0 Å². The van der Waals surface area contributed by atoms with Crippen molar-refractivity contribution in [2.24, 2.45) is 0 Å². The molecule has 0 N–H and O–H groups in total. The van der Waals surface area contributed by atoms with Crippen molar-refractivity contribution >= 4 is 23.9 Å². The smallest absolute Gasteiger partial charge is 0.253 e. The van der Waals surface area contributed by atoms with E-state index >= 15 is 0 Å². The zero-order chi connectivity index (χ0) is 19.7. The van der Waals surface area contributed by atoms with E-state index < -0.39 is 5.54 Å². The number of allylic oxidation sites excluding steroid dienone is 6. The fourth-order valence-electron chi connectivity index (χ4n) is 4.41. The lowest BCUT2D eigenvalue weighted by atomic mass is 9.93. The van der Waals surface area contributed by atoms with Crippen molar-refractivity contribution < 1.29 is 18.7 Å². The van der Waals surface area contributed by atoms with Gasteiger partial charge in [0.2, 0.25) is 5.91 Å². The van der Waals surface area contributed by atoms with Crippen LogP contribution in [0.4, 0.5) is 0 Å². The largest absolute Gasteiger partial charge is 0.310 e. The summed E-state index contributed by atoms with van der Waals surface area (Å²) in [6.45, 7) is 4.01. The molecule has 0 radical (unpaired) electrons. The molecule has 3 fully saturated rings. The van der Waals surface area contributed by atoms with Gasteiger partial charge in [-0.15, -0.1) is 0 Å². The molecule has 27 heavy (non-hydrogen) atoms. The third-order valence-corrected chi connectivity index (χ3v) is 5.66. The van der Waals surface area contributed by atoms with Crippen LogP contribution in [-0.4, -0.2) is 83.2 Å². The molecule has 0 aromatic rings. The molecule has 2 aliphatic carbocycles. The van der Waals surface area contributed by atoms with Crippen molar-refractivity contribution in [2.45, 2.75) is 32.2 Å². The summed E-state index contributed by atoms with van der Waals surface area (Å²) in [4.78, 5) is 29.6. The predicted octanol–water partition coefficient (Wildman–Crippen LogP) is 0.902. The molecule has 0 aromatic carbocycles. The molecule has 4 aliphatic rings. The number of nitrogens with zero attached hydrogens (tertiary/aromatic N) is 4. The average Bonchev–Trinajstić information content (AvgIpc) is 3.06. The standard InChI is InChI=1S/C21H26N4O2/c1-21(2)20(27)24-12-25(21)17(26)10-16-15-9-13(11-23(5)6)18(19(16)24)14(15)7-8-22(3)4/h7-8H,9-10,12H2,1-6H3/q+2. The van der Waals surface area contributed by atoms with Crippen molar-refractivity contribution in [1.82, 2.24) is 9.80 Å². The second-order valence-corrected chi connectivity index (χ2v) is 8.47. The number of hydrogen-bond acceptors (Lipinski definition) is 2. The highest BCUT2D eigenvalue weighted by molar-refractivity contribution is 6.01. The van der Waals surface area contributed by atoms with Crippen molar-refractivity contribution in [3.63, 3.8) is 0 Å². The van der Waals surface area contributed by atoms with Crippen LogP contribution in [0, 0.1) is 0 Å². The third kappa shape index (κ3) is 2.40. The van der Waals surface area contributed by atoms with E-state index in [1.807, 2.05) is 62.3 Å². The van der Waals surface area contributed by atoms with Gasteiger partial charge in [0.25, 0.3) is 5.91 Å². The molecule has 4 rings (SSSR count). The molecule has 4 bridgehead atoms. The van der Waals surface area contributed by atoms with Crippen LogP contribution in [-0.2, 0) is 9.59 Å². The van der Waals surface area contributed by atoms with Crippen molar-refractivity contribution in [2.75, 3.05) is 34.9 Å². The summed E-state index contributed by atoms with van der Waals surface area (Å²) < 4.78 is 3.91. The van der Waals surface area contributed by atoms with Crippen molar-refractivity contribution in [3.05, 3.63) is 39.6 Å². The molecule has 2 amide bonds. The minimum absolute atomic E-state index is 0.0103. The Bertz CT molecular complexity index is 989. The van der Waals surface area contributed by atoms with Gasteiger partial charge in [-0.1, -0.05) is 0 Å². The number of carbonyl (C=O) groups excluding carboxylic acids is 2. The van der Waals surface area contributed by atoms with Crippen LogP contribution in [0.15, 0.2) is 39.6 Å². The summed E-state index contributed by atoms with van der Waals surface area (Å²) in [7, 11) is 7.88. The first-order valence-electron chi connectivity index (χ1n) is 9.24. The SMILES string of the molecule is C[N+](C)=C=C1CC2=C3CC(=O)N4CN(C(=O)C4(C)C)C3=C1C2=CC=[N+](C)C. The Morgan fingerprint density at radius 2 is 1.78 bits per heavy atom. The van der Waals surface area contributed by atoms with Gasteiger partial charge in [0.15, 0.2) is 12.1 Å². The summed E-state index contributed by atoms with van der Waals surface area (Å²) >= 11 is 0. The Balaban J connectivity index is 2.00. The summed E-state index contributed by atoms with van der Waals surface area (Å²) in [6, 6.07) is 0. The summed E-state index contributed by atoms with van der Waals surface area (Å²) in [5.74, 6) is 3.42. The lowest BCUT2D eigenvalue weighted by molar-refractivity contribution is -0.458. The zero-order valence-electron chi connectivity index (χ0n) is 16.9. The number of rotatable bonds is 1. The number of fused-ring (bicyclic) bond motifs is 6. The fourth-order valence-corrected chi connectivity index (χ4v) is 4.41. The quantitative estimate of drug-likeness (QED) is 0.511. The Labute approximate surface area is 159 Å². The van der Waals surface area contributed by atoms with E-state index in [1.165, 1.54) is 0 Å². The first-order chi connectivity index (χ1) is 12.6. The monoisotopic (exact) mass is 366 g/mol. The van der Waals surface area contributed by atoms with Gasteiger partial charge in [-0.05, 0) is 30.6 Å². The van der Waals surface area contributed by atoms with Gasteiger partial charge in [0.1, 0.15) is 40.4 Å². The Morgan fingerprint density at radius 3 is 2.41 bits per heavy atom. The van der Waals surface area contributed by atoms with Crippen LogP contribution in [0.3, 0.4) is 0 Å². The molecule has 2 aliphatic heterocycles. The van der Waals surface area contributed by atoms with Crippen LogP contribution in [0.2, 0.25) is 0 Å². The molecule has 0 spiro atoms. The second kappa shape index (κ2) is 5.64. The molecular weight excluding hydrogens is 340 g/mol. The molecule has 0 aromatic heterocycles. The molecule has 1 saturated carbocycles. The molecule has 2 heterocycles. The van der Waals surface area contributed by atoms with Crippen LogP contribution in [0.1, 0.15) is 26.7 Å². The van der Waals surface area contributed by atoms with E-state index in [0.717, 1.165) is 40.0 Å². The lowest BCUT2D eigenvalue weighted by Crippen LogP contribution is -2.47. The van der Waals surface area contributed by atoms with Crippen LogP contribution in [0.25, 0.3) is 0 Å². The Kier molecular flexibility index (Phi) is 3.69. The highest BCUT2D eigenvalue weighted by atomic mass is 16.2. The van der Waals surface area contributed by atoms with Gasteiger partial charge in [-0.3, -0.25) is 14.5 Å². The Hall–Kier alpha value is -2.72. The number of hydrogen-bond donors (Lipinski definition) is 0. The maximum atomic E-state index is 13.1. The molecule has 6 heteroatoms. The van der Waals surface area contributed by atoms with Crippen LogP contribution >= 0.6 is 0 Å². The van der Waals surface area contributed by atoms with E-state index in [9.17, 15) is 9.59 Å². The lowest BCUT2D eigenvalue weighted by Gasteiger charge is -2.29. The maximum absolute atomic E-state index is 13.1. The van der Waals surface area contributed by atoms with E-state index in [2.05, 4.69) is 11.9 Å². The molecule has 0 atom stereocenters. The normalized spacial score (nSPS) is 24.1. The van der Waals surface area contributed by atoms with Gasteiger partial charge >= 0.3 is 0 Å². The number of amides is 2. The number of carbonyl (C=O) groups is 2. The Morgan fingerprint density at radius 1 is 1.07 bits per heavy atom. The second-order valence-electron chi connectivity index (χ2n) is 8.47. The first-order valence-corrected chi connectivity index (χ1v) is 9.24. The minimum Gasteiger partial charge on any atom is -0.310 e. The van der Waals surface area contributed by atoms with Gasteiger partial charge in [-0.25, -0.2) is 4.58 Å². The highest BCUT2D eigenvalue weighted by Gasteiger charge is 2.55. The first kappa shape index (κ1) is 17.7. The maximum Gasteiger partial charge on any atom is 0.253 e. The van der Waals surface area contributed by atoms with Crippen LogP contribution < -0.4 is 0 Å². The molecular formula is C21H26N4O2+2.